The van der Waals surface area contributed by atoms with Crippen LogP contribution in [0.5, 0.6) is 0 Å². The summed E-state index contributed by atoms with van der Waals surface area (Å²) in [6.07, 6.45) is -4.66. The maximum Gasteiger partial charge on any atom is 0.403 e. The van der Waals surface area contributed by atoms with Crippen LogP contribution < -0.4 is 5.11 Å². The predicted molar refractivity (Wildman–Crippen MR) is 97.9 cm³/mol. The molecule has 0 amide bonds. The van der Waals surface area contributed by atoms with E-state index < -0.39 is 42.9 Å². The monoisotopic (exact) mass is 594 g/mol. The molecule has 32 heavy (non-hydrogen) atoms. The predicted octanol–water partition coefficient (Wildman–Crippen LogP) is -1.77. The van der Waals surface area contributed by atoms with Crippen molar-refractivity contribution >= 4 is 17.9 Å². The minimum atomic E-state index is -5.07. The molecule has 1 rings (SSSR count). The van der Waals surface area contributed by atoms with Crippen molar-refractivity contribution in [2.75, 3.05) is 72.0 Å². The molecular weight excluding hydrogens is 568 g/mol. The number of halogens is 3. The fourth-order valence-corrected chi connectivity index (χ4v) is 2.97. The molecule has 1 aliphatic rings. The molecule has 1 radical (unpaired) electrons. The van der Waals surface area contributed by atoms with Gasteiger partial charge in [0.2, 0.25) is 0 Å². The van der Waals surface area contributed by atoms with Crippen molar-refractivity contribution in [1.82, 2.24) is 19.6 Å². The van der Waals surface area contributed by atoms with Gasteiger partial charge in [-0.1, -0.05) is 0 Å². The molecule has 0 aromatic rings. The standard InChI is InChI=1S/C17H27F3N4O7.La/c18-17(19,20)13(25)9-21-1-3-22(10-14(26)27)5-7-24(12-16(30)31)8-6-23(4-2-21)11-15(28)29;/h9,25H,1-8,10-12H2,(H,26,27)(H,28,29)(H,30,31);/p-1/b13-9-;. The normalized spacial score (nSPS) is 18.8. The molecule has 181 valence electrons. The first kappa shape index (κ1) is 30.6. The van der Waals surface area contributed by atoms with E-state index in [0.29, 0.717) is 6.20 Å². The number of carbonyl (C=O) groups is 3. The van der Waals surface area contributed by atoms with Gasteiger partial charge in [0.25, 0.3) is 0 Å². The van der Waals surface area contributed by atoms with Crippen LogP contribution in [0, 0.1) is 35.6 Å². The van der Waals surface area contributed by atoms with Crippen LogP contribution >= 0.6 is 0 Å². The first-order chi connectivity index (χ1) is 14.4. The number of allylic oxidation sites excluding steroid dienone is 1. The van der Waals surface area contributed by atoms with Crippen LogP contribution in [-0.4, -0.2) is 131 Å². The van der Waals surface area contributed by atoms with E-state index >= 15 is 0 Å². The number of rotatable bonds is 7. The third-order valence-corrected chi connectivity index (χ3v) is 4.53. The summed E-state index contributed by atoms with van der Waals surface area (Å²) in [4.78, 5) is 38.8. The molecule has 0 aliphatic carbocycles. The van der Waals surface area contributed by atoms with Crippen molar-refractivity contribution in [3.63, 3.8) is 0 Å². The van der Waals surface area contributed by atoms with E-state index in [4.69, 9.17) is 15.3 Å². The number of aliphatic carboxylic acids is 3. The van der Waals surface area contributed by atoms with E-state index in [1.54, 1.807) is 0 Å². The molecule has 0 aromatic carbocycles. The van der Waals surface area contributed by atoms with Crippen molar-refractivity contribution in [3.8, 4) is 0 Å². The average Bonchev–Trinajstić information content (AvgIpc) is 2.61. The zero-order valence-electron chi connectivity index (χ0n) is 17.3. The van der Waals surface area contributed by atoms with Gasteiger partial charge in [-0.05, 0) is 12.0 Å². The molecule has 1 aliphatic heterocycles. The summed E-state index contributed by atoms with van der Waals surface area (Å²) < 4.78 is 38.0. The summed E-state index contributed by atoms with van der Waals surface area (Å²) in [7, 11) is 0. The summed E-state index contributed by atoms with van der Waals surface area (Å²) in [6, 6.07) is 0. The summed E-state index contributed by atoms with van der Waals surface area (Å²) >= 11 is 0. The Morgan fingerprint density at radius 1 is 0.719 bits per heavy atom. The van der Waals surface area contributed by atoms with Crippen LogP contribution in [0.3, 0.4) is 0 Å². The van der Waals surface area contributed by atoms with Gasteiger partial charge in [0.05, 0.1) is 19.6 Å². The van der Waals surface area contributed by atoms with Crippen molar-refractivity contribution in [3.05, 3.63) is 12.0 Å². The van der Waals surface area contributed by atoms with Crippen LogP contribution in [0.4, 0.5) is 13.2 Å². The second-order valence-electron chi connectivity index (χ2n) is 7.04. The molecule has 1 heterocycles. The summed E-state index contributed by atoms with van der Waals surface area (Å²) in [5, 5.41) is 38.6. The molecule has 1 saturated heterocycles. The Morgan fingerprint density at radius 2 is 1.00 bits per heavy atom. The molecule has 3 N–H and O–H groups in total. The van der Waals surface area contributed by atoms with Gasteiger partial charge in [-0.15, -0.1) is 0 Å². The van der Waals surface area contributed by atoms with Gasteiger partial charge in [-0.2, -0.15) is 13.2 Å². The van der Waals surface area contributed by atoms with E-state index in [1.165, 1.54) is 14.7 Å². The van der Waals surface area contributed by atoms with Gasteiger partial charge >= 0.3 is 24.1 Å². The first-order valence-corrected chi connectivity index (χ1v) is 9.39. The Kier molecular flexibility index (Phi) is 14.1. The number of carboxylic acid groups (broad SMARTS) is 3. The Hall–Kier alpha value is -1.39. The summed E-state index contributed by atoms with van der Waals surface area (Å²) in [5.74, 6) is -5.49. The molecule has 1 fully saturated rings. The topological polar surface area (TPSA) is 148 Å². The smallest absolute Gasteiger partial charge is 0.403 e. The molecule has 11 nitrogen and oxygen atoms in total. The fraction of sp³-hybridized carbons (Fsp3) is 0.706. The molecule has 0 bridgehead atoms. The van der Waals surface area contributed by atoms with Crippen LogP contribution in [-0.2, 0) is 14.4 Å². The third-order valence-electron chi connectivity index (χ3n) is 4.53. The maximum atomic E-state index is 12.7. The Balaban J connectivity index is 0.00000961. The van der Waals surface area contributed by atoms with Gasteiger partial charge in [-0.25, -0.2) is 0 Å². The van der Waals surface area contributed by atoms with Gasteiger partial charge in [0.15, 0.2) is 0 Å². The summed E-state index contributed by atoms with van der Waals surface area (Å²) in [6.45, 7) is -0.774. The minimum absolute atomic E-state index is 0. The zero-order valence-corrected chi connectivity index (χ0v) is 21.0. The van der Waals surface area contributed by atoms with E-state index in [1.807, 2.05) is 0 Å². The van der Waals surface area contributed by atoms with Crippen molar-refractivity contribution in [2.45, 2.75) is 6.18 Å². The van der Waals surface area contributed by atoms with Crippen molar-refractivity contribution < 1.29 is 83.6 Å². The van der Waals surface area contributed by atoms with Gasteiger partial charge < -0.3 is 25.3 Å². The fourth-order valence-electron chi connectivity index (χ4n) is 2.97. The van der Waals surface area contributed by atoms with Crippen molar-refractivity contribution in [2.24, 2.45) is 0 Å². The Morgan fingerprint density at radius 3 is 1.25 bits per heavy atom. The van der Waals surface area contributed by atoms with Crippen molar-refractivity contribution in [1.29, 1.82) is 0 Å². The van der Waals surface area contributed by atoms with Gasteiger partial charge in [-0.3, -0.25) is 29.1 Å². The van der Waals surface area contributed by atoms with Crippen LogP contribution in [0.1, 0.15) is 0 Å². The minimum Gasteiger partial charge on any atom is -0.868 e. The molecule has 15 heteroatoms. The number of carboxylic acids is 3. The molecular formula is C17H26F3LaN4O7-. The van der Waals surface area contributed by atoms with Gasteiger partial charge in [0, 0.05) is 88.0 Å². The maximum absolute atomic E-state index is 12.7. The van der Waals surface area contributed by atoms with Crippen LogP contribution in [0.2, 0.25) is 0 Å². The quantitative estimate of drug-likeness (QED) is 0.288. The van der Waals surface area contributed by atoms with Crippen LogP contribution in [0.15, 0.2) is 12.0 Å². The largest absolute Gasteiger partial charge is 0.868 e. The molecule has 0 aromatic heterocycles. The number of alkyl halides is 3. The van der Waals surface area contributed by atoms with E-state index in [9.17, 15) is 32.7 Å². The van der Waals surface area contributed by atoms with Crippen LogP contribution in [0.25, 0.3) is 0 Å². The number of nitrogens with zero attached hydrogens (tertiary/aromatic N) is 4. The van der Waals surface area contributed by atoms with E-state index in [-0.39, 0.29) is 94.5 Å². The second kappa shape index (κ2) is 14.7. The third kappa shape index (κ3) is 13.2. The Labute approximate surface area is 210 Å². The zero-order chi connectivity index (χ0) is 23.6. The molecule has 0 unspecified atom stereocenters. The molecule has 0 saturated carbocycles. The summed E-state index contributed by atoms with van der Waals surface area (Å²) in [5.41, 5.74) is 0. The number of hydrogen-bond donors (Lipinski definition) is 3. The van der Waals surface area contributed by atoms with Gasteiger partial charge in [0.1, 0.15) is 0 Å². The van der Waals surface area contributed by atoms with E-state index in [0.717, 1.165) is 4.90 Å². The Bertz CT molecular complexity index is 635. The first-order valence-electron chi connectivity index (χ1n) is 9.39. The van der Waals surface area contributed by atoms with E-state index in [2.05, 4.69) is 0 Å². The number of hydrogen-bond acceptors (Lipinski definition) is 8. The molecule has 0 spiro atoms. The second-order valence-corrected chi connectivity index (χ2v) is 7.04. The average molecular weight is 594 g/mol. The molecule has 0 atom stereocenters. The SMILES string of the molecule is O=C(O)CN1CCN(/C=C(\[O-])C(F)(F)F)CCN(CC(=O)O)CCN(CC(=O)O)CC1.[La].